The molecule has 0 fully saturated rings. The lowest BCUT2D eigenvalue weighted by Gasteiger charge is -2.27. The van der Waals surface area contributed by atoms with Crippen LogP contribution in [0.4, 0.5) is 5.69 Å². The molecule has 0 saturated carbocycles. The molecule has 146 valence electrons. The van der Waals surface area contributed by atoms with Crippen LogP contribution in [0.15, 0.2) is 57.9 Å². The smallest absolute Gasteiger partial charge is 0.254 e. The Morgan fingerprint density at radius 2 is 2.00 bits per heavy atom. The molecule has 0 bridgehead atoms. The van der Waals surface area contributed by atoms with Crippen molar-refractivity contribution in [2.45, 2.75) is 19.5 Å². The minimum atomic E-state index is -0.0440. The van der Waals surface area contributed by atoms with E-state index in [0.717, 1.165) is 39.9 Å². The summed E-state index contributed by atoms with van der Waals surface area (Å²) in [5.74, 6) is 0.589. The fraction of sp³-hybridized carbons (Fsp3) is 0.182. The lowest BCUT2D eigenvalue weighted by atomic mass is 10.0. The molecule has 1 aliphatic heterocycles. The van der Waals surface area contributed by atoms with Gasteiger partial charge in [-0.05, 0) is 54.4 Å². The Kier molecular flexibility index (Phi) is 4.49. The van der Waals surface area contributed by atoms with Crippen LogP contribution in [0.25, 0.3) is 22.3 Å². The number of hydrogen-bond donors (Lipinski definition) is 3. The minimum absolute atomic E-state index is 0.0440. The largest absolute Gasteiger partial charge is 0.399 e. The number of rotatable bonds is 3. The first-order valence-corrected chi connectivity index (χ1v) is 10.3. The monoisotopic (exact) mass is 449 g/mol. The van der Waals surface area contributed by atoms with E-state index in [1.54, 1.807) is 0 Å². The molecule has 0 spiro atoms. The third-order valence-corrected chi connectivity index (χ3v) is 5.95. The van der Waals surface area contributed by atoms with E-state index >= 15 is 0 Å². The summed E-state index contributed by atoms with van der Waals surface area (Å²) < 4.78 is 1.07. The summed E-state index contributed by atoms with van der Waals surface area (Å²) in [6.07, 6.45) is 2.77. The molecular formula is C22H20BrN5O. The summed E-state index contributed by atoms with van der Waals surface area (Å²) in [7, 11) is 0. The number of anilines is 1. The zero-order valence-electron chi connectivity index (χ0n) is 15.7. The van der Waals surface area contributed by atoms with E-state index in [4.69, 9.17) is 10.7 Å². The lowest BCUT2D eigenvalue weighted by Crippen LogP contribution is -2.35. The summed E-state index contributed by atoms with van der Waals surface area (Å²) in [6, 6.07) is 13.6. The highest BCUT2D eigenvalue weighted by Gasteiger charge is 2.22. The van der Waals surface area contributed by atoms with Gasteiger partial charge in [0.2, 0.25) is 0 Å². The maximum absolute atomic E-state index is 12.6. The average Bonchev–Trinajstić information content (AvgIpc) is 3.10. The first kappa shape index (κ1) is 18.1. The van der Waals surface area contributed by atoms with Crippen LogP contribution in [0.2, 0.25) is 0 Å². The number of fused-ring (bicyclic) bond motifs is 2. The van der Waals surface area contributed by atoms with Crippen LogP contribution in [-0.2, 0) is 19.5 Å². The van der Waals surface area contributed by atoms with Crippen molar-refractivity contribution < 1.29 is 0 Å². The molecule has 4 aromatic rings. The number of hydrogen-bond acceptors (Lipinski definition) is 4. The number of halogens is 1. The van der Waals surface area contributed by atoms with Crippen molar-refractivity contribution in [2.24, 2.45) is 0 Å². The zero-order chi connectivity index (χ0) is 20.0. The van der Waals surface area contributed by atoms with Crippen molar-refractivity contribution in [1.82, 2.24) is 19.9 Å². The van der Waals surface area contributed by atoms with Crippen molar-refractivity contribution >= 4 is 32.5 Å². The van der Waals surface area contributed by atoms with Gasteiger partial charge in [-0.25, -0.2) is 4.98 Å². The number of benzene rings is 2. The van der Waals surface area contributed by atoms with Crippen molar-refractivity contribution in [1.29, 1.82) is 0 Å². The Bertz CT molecular complexity index is 1260. The quantitative estimate of drug-likeness (QED) is 0.414. The Morgan fingerprint density at radius 1 is 1.17 bits per heavy atom. The maximum atomic E-state index is 12.6. The van der Waals surface area contributed by atoms with E-state index in [0.29, 0.717) is 24.5 Å². The van der Waals surface area contributed by atoms with Gasteiger partial charge in [-0.1, -0.05) is 15.9 Å². The molecule has 29 heavy (non-hydrogen) atoms. The van der Waals surface area contributed by atoms with Gasteiger partial charge < -0.3 is 15.7 Å². The van der Waals surface area contributed by atoms with Crippen molar-refractivity contribution in [3.63, 3.8) is 0 Å². The van der Waals surface area contributed by atoms with Crippen LogP contribution in [0.5, 0.6) is 0 Å². The molecule has 0 unspecified atom stereocenters. The van der Waals surface area contributed by atoms with Crippen molar-refractivity contribution in [2.75, 3.05) is 12.3 Å². The number of aromatic amines is 2. The van der Waals surface area contributed by atoms with Gasteiger partial charge in [0.1, 0.15) is 5.82 Å². The number of H-pyrrole nitrogens is 2. The number of aromatic nitrogens is 3. The number of nitrogens with one attached hydrogen (secondary N) is 2. The molecule has 3 heterocycles. The fourth-order valence-electron chi connectivity index (χ4n) is 3.93. The second-order valence-electron chi connectivity index (χ2n) is 7.43. The predicted octanol–water partition coefficient (Wildman–Crippen LogP) is 3.82. The highest BCUT2D eigenvalue weighted by Crippen LogP contribution is 2.26. The summed E-state index contributed by atoms with van der Waals surface area (Å²) >= 11 is 3.56. The van der Waals surface area contributed by atoms with E-state index < -0.39 is 0 Å². The molecule has 0 aliphatic carbocycles. The Morgan fingerprint density at radius 3 is 2.83 bits per heavy atom. The number of nitrogens with two attached hydrogens (primary N) is 1. The van der Waals surface area contributed by atoms with Gasteiger partial charge in [0.25, 0.3) is 5.56 Å². The van der Waals surface area contributed by atoms with Gasteiger partial charge in [0, 0.05) is 58.0 Å². The van der Waals surface area contributed by atoms with Crippen molar-refractivity contribution in [3.05, 3.63) is 80.3 Å². The Balaban J connectivity index is 1.44. The molecule has 7 heteroatoms. The maximum Gasteiger partial charge on any atom is 0.254 e. The molecule has 0 radical (unpaired) electrons. The van der Waals surface area contributed by atoms with Crippen LogP contribution in [0.1, 0.15) is 16.8 Å². The summed E-state index contributed by atoms with van der Waals surface area (Å²) in [6.45, 7) is 2.29. The molecule has 0 atom stereocenters. The molecular weight excluding hydrogens is 430 g/mol. The van der Waals surface area contributed by atoms with E-state index in [9.17, 15) is 4.79 Å². The van der Waals surface area contributed by atoms with E-state index in [1.807, 2.05) is 30.3 Å². The molecule has 2 aromatic carbocycles. The Labute approximate surface area is 175 Å². The zero-order valence-corrected chi connectivity index (χ0v) is 17.3. The van der Waals surface area contributed by atoms with Gasteiger partial charge in [-0.3, -0.25) is 9.69 Å². The second-order valence-corrected chi connectivity index (χ2v) is 8.34. The first-order chi connectivity index (χ1) is 14.1. The minimum Gasteiger partial charge on any atom is -0.399 e. The third-order valence-electron chi connectivity index (χ3n) is 5.46. The molecule has 4 N–H and O–H groups in total. The Hall–Kier alpha value is -2.90. The molecule has 0 saturated heterocycles. The highest BCUT2D eigenvalue weighted by molar-refractivity contribution is 9.10. The lowest BCUT2D eigenvalue weighted by molar-refractivity contribution is 0.241. The van der Waals surface area contributed by atoms with Crippen LogP contribution < -0.4 is 11.3 Å². The average molecular weight is 450 g/mol. The van der Waals surface area contributed by atoms with Gasteiger partial charge in [0.05, 0.1) is 5.69 Å². The third kappa shape index (κ3) is 3.47. The number of nitrogens with zero attached hydrogens (tertiary/aromatic N) is 2. The van der Waals surface area contributed by atoms with E-state index in [1.165, 1.54) is 10.9 Å². The topological polar surface area (TPSA) is 90.8 Å². The first-order valence-electron chi connectivity index (χ1n) is 9.53. The fourth-order valence-corrected chi connectivity index (χ4v) is 4.29. The van der Waals surface area contributed by atoms with E-state index in [-0.39, 0.29) is 5.56 Å². The predicted molar refractivity (Wildman–Crippen MR) is 119 cm³/mol. The molecule has 0 amide bonds. The molecule has 6 nitrogen and oxygen atoms in total. The van der Waals surface area contributed by atoms with Crippen LogP contribution in [-0.4, -0.2) is 26.4 Å². The van der Waals surface area contributed by atoms with Crippen LogP contribution in [0, 0.1) is 0 Å². The van der Waals surface area contributed by atoms with Gasteiger partial charge >= 0.3 is 0 Å². The van der Waals surface area contributed by atoms with E-state index in [2.05, 4.69) is 49.1 Å². The number of nitrogen functional groups attached to an aromatic ring is 1. The molecule has 5 rings (SSSR count). The second kappa shape index (κ2) is 7.17. The normalized spacial score (nSPS) is 14.2. The summed E-state index contributed by atoms with van der Waals surface area (Å²) in [4.78, 5) is 26.0. The highest BCUT2D eigenvalue weighted by atomic mass is 79.9. The van der Waals surface area contributed by atoms with Gasteiger partial charge in [0.15, 0.2) is 0 Å². The standard InChI is InChI=1S/C22H20BrN5O/c23-15-3-6-19-18(9-15)14(10-25-19)11-28-8-7-17-20(12-28)26-21(27-22(17)29)13-1-4-16(24)5-2-13/h1-6,9-10,25H,7-8,11-12,24H2,(H,26,27,29). The van der Waals surface area contributed by atoms with Crippen LogP contribution >= 0.6 is 15.9 Å². The van der Waals surface area contributed by atoms with Gasteiger partial charge in [-0.2, -0.15) is 0 Å². The molecule has 2 aromatic heterocycles. The van der Waals surface area contributed by atoms with Crippen molar-refractivity contribution in [3.8, 4) is 11.4 Å². The van der Waals surface area contributed by atoms with Crippen LogP contribution in [0.3, 0.4) is 0 Å². The van der Waals surface area contributed by atoms with Gasteiger partial charge in [-0.15, -0.1) is 0 Å². The summed E-state index contributed by atoms with van der Waals surface area (Å²) in [5.41, 5.74) is 11.3. The SMILES string of the molecule is Nc1ccc(-c2nc3c(c(=O)[nH]2)CCN(Cc2c[nH]c4ccc(Br)cc24)C3)cc1. The molecule has 1 aliphatic rings. The summed E-state index contributed by atoms with van der Waals surface area (Å²) in [5, 5.41) is 1.21.